The van der Waals surface area contributed by atoms with Gasteiger partial charge in [0.25, 0.3) is 0 Å². The van der Waals surface area contributed by atoms with Crippen LogP contribution in [0.25, 0.3) is 0 Å². The average Bonchev–Trinajstić information content (AvgIpc) is 2.91. The van der Waals surface area contributed by atoms with Crippen molar-refractivity contribution in [3.05, 3.63) is 35.6 Å². The van der Waals surface area contributed by atoms with Crippen molar-refractivity contribution >= 4 is 11.8 Å². The van der Waals surface area contributed by atoms with Crippen molar-refractivity contribution in [3.63, 3.8) is 0 Å². The van der Waals surface area contributed by atoms with E-state index in [4.69, 9.17) is 4.52 Å². The normalized spacial score (nSPS) is 10.2. The van der Waals surface area contributed by atoms with Gasteiger partial charge in [0, 0.05) is 13.0 Å². The molecule has 19 heavy (non-hydrogen) atoms. The predicted molar refractivity (Wildman–Crippen MR) is 66.8 cm³/mol. The van der Waals surface area contributed by atoms with Crippen molar-refractivity contribution in [1.82, 2.24) is 15.1 Å². The first-order chi connectivity index (χ1) is 9.20. The third-order valence-electron chi connectivity index (χ3n) is 2.54. The van der Waals surface area contributed by atoms with E-state index in [0.717, 1.165) is 0 Å². The summed E-state index contributed by atoms with van der Waals surface area (Å²) in [6.45, 7) is 2.38. The van der Waals surface area contributed by atoms with E-state index in [2.05, 4.69) is 25.2 Å². The van der Waals surface area contributed by atoms with E-state index >= 15 is 0 Å². The molecule has 0 aromatic carbocycles. The molecule has 100 valence electrons. The van der Waals surface area contributed by atoms with Gasteiger partial charge in [0.2, 0.25) is 5.89 Å². The molecular weight excluding hydrogens is 248 g/mol. The highest BCUT2D eigenvalue weighted by Crippen LogP contribution is 2.11. The molecule has 0 aliphatic carbocycles. The van der Waals surface area contributed by atoms with Gasteiger partial charge in [-0.05, 0) is 19.1 Å². The maximum Gasteiger partial charge on any atom is 0.339 e. The lowest BCUT2D eigenvalue weighted by Gasteiger charge is -2.07. The zero-order chi connectivity index (χ0) is 13.7. The fourth-order valence-corrected chi connectivity index (χ4v) is 1.59. The molecule has 0 atom stereocenters. The minimum atomic E-state index is -0.387. The number of nitrogens with zero attached hydrogens (tertiary/aromatic N) is 3. The number of ether oxygens (including phenoxy) is 1. The molecule has 2 heterocycles. The third-order valence-corrected chi connectivity index (χ3v) is 2.54. The van der Waals surface area contributed by atoms with Crippen molar-refractivity contribution in [2.75, 3.05) is 19.0 Å². The van der Waals surface area contributed by atoms with Crippen LogP contribution in [0, 0.1) is 6.92 Å². The van der Waals surface area contributed by atoms with E-state index in [0.29, 0.717) is 35.9 Å². The van der Waals surface area contributed by atoms with Gasteiger partial charge in [0.15, 0.2) is 6.33 Å². The number of esters is 1. The second kappa shape index (κ2) is 5.94. The van der Waals surface area contributed by atoms with Crippen LogP contribution < -0.4 is 5.32 Å². The molecule has 7 nitrogen and oxygen atoms in total. The van der Waals surface area contributed by atoms with Crippen LogP contribution in [0.4, 0.5) is 5.82 Å². The largest absolute Gasteiger partial charge is 0.465 e. The Bertz CT molecular complexity index is 554. The Morgan fingerprint density at radius 1 is 1.47 bits per heavy atom. The lowest BCUT2D eigenvalue weighted by Crippen LogP contribution is -2.10. The van der Waals surface area contributed by atoms with Gasteiger partial charge in [0.1, 0.15) is 5.82 Å². The van der Waals surface area contributed by atoms with Gasteiger partial charge < -0.3 is 14.6 Å². The van der Waals surface area contributed by atoms with Gasteiger partial charge in [-0.25, -0.2) is 9.78 Å². The summed E-state index contributed by atoms with van der Waals surface area (Å²) in [7, 11) is 1.35. The van der Waals surface area contributed by atoms with Crippen LogP contribution in [0.3, 0.4) is 0 Å². The Kier molecular flexibility index (Phi) is 4.07. The number of carbonyl (C=O) groups excluding carboxylic acids is 1. The zero-order valence-corrected chi connectivity index (χ0v) is 10.7. The number of methoxy groups -OCH3 is 1. The highest BCUT2D eigenvalue weighted by atomic mass is 16.5. The number of nitrogens with one attached hydrogen (secondary N) is 1. The maximum atomic E-state index is 11.4. The molecule has 0 radical (unpaired) electrons. The monoisotopic (exact) mass is 262 g/mol. The number of rotatable bonds is 5. The second-order valence-corrected chi connectivity index (χ2v) is 3.83. The molecular formula is C12H14N4O3. The summed E-state index contributed by atoms with van der Waals surface area (Å²) in [5, 5.41) is 6.64. The molecule has 1 N–H and O–H groups in total. The van der Waals surface area contributed by atoms with Gasteiger partial charge in [-0.2, -0.15) is 4.98 Å². The molecule has 0 bridgehead atoms. The fourth-order valence-electron chi connectivity index (χ4n) is 1.59. The first kappa shape index (κ1) is 13.0. The standard InChI is InChI=1S/C12H14N4O3/c1-8-9(12(17)18-2)3-4-10(16-8)13-6-5-11-14-7-15-19-11/h3-4,7H,5-6H2,1-2H3,(H,13,16). The van der Waals surface area contributed by atoms with E-state index in [-0.39, 0.29) is 5.97 Å². The fraction of sp³-hybridized carbons (Fsp3) is 0.333. The minimum Gasteiger partial charge on any atom is -0.465 e. The molecule has 0 aliphatic heterocycles. The summed E-state index contributed by atoms with van der Waals surface area (Å²) in [6, 6.07) is 3.41. The van der Waals surface area contributed by atoms with Crippen LogP contribution in [0.5, 0.6) is 0 Å². The molecule has 0 amide bonds. The Balaban J connectivity index is 1.94. The van der Waals surface area contributed by atoms with Crippen molar-refractivity contribution in [3.8, 4) is 0 Å². The molecule has 0 saturated heterocycles. The lowest BCUT2D eigenvalue weighted by atomic mass is 10.2. The van der Waals surface area contributed by atoms with E-state index < -0.39 is 0 Å². The lowest BCUT2D eigenvalue weighted by molar-refractivity contribution is 0.0599. The molecule has 0 saturated carbocycles. The maximum absolute atomic E-state index is 11.4. The number of hydrogen-bond donors (Lipinski definition) is 1. The Morgan fingerprint density at radius 2 is 2.32 bits per heavy atom. The average molecular weight is 262 g/mol. The molecule has 0 unspecified atom stereocenters. The SMILES string of the molecule is COC(=O)c1ccc(NCCc2ncno2)nc1C. The molecule has 2 aromatic heterocycles. The number of pyridine rings is 1. The summed E-state index contributed by atoms with van der Waals surface area (Å²) in [5.74, 6) is 0.863. The molecule has 7 heteroatoms. The minimum absolute atomic E-state index is 0.387. The van der Waals surface area contributed by atoms with E-state index in [1.54, 1.807) is 19.1 Å². The highest BCUT2D eigenvalue weighted by molar-refractivity contribution is 5.90. The van der Waals surface area contributed by atoms with Crippen LogP contribution in [-0.4, -0.2) is 34.7 Å². The molecule has 0 aliphatic rings. The molecule has 2 rings (SSSR count). The number of anilines is 1. The van der Waals surface area contributed by atoms with Gasteiger partial charge in [-0.1, -0.05) is 5.16 Å². The number of aryl methyl sites for hydroxylation is 1. The summed E-state index contributed by atoms with van der Waals surface area (Å²) >= 11 is 0. The van der Waals surface area contributed by atoms with E-state index in [9.17, 15) is 4.79 Å². The zero-order valence-electron chi connectivity index (χ0n) is 10.7. The Morgan fingerprint density at radius 3 is 2.95 bits per heavy atom. The summed E-state index contributed by atoms with van der Waals surface area (Å²) in [5.41, 5.74) is 1.08. The van der Waals surface area contributed by atoms with Crippen molar-refractivity contribution in [2.45, 2.75) is 13.3 Å². The van der Waals surface area contributed by atoms with Crippen LogP contribution >= 0.6 is 0 Å². The Hall–Kier alpha value is -2.44. The van der Waals surface area contributed by atoms with Crippen LogP contribution in [0.15, 0.2) is 23.0 Å². The molecule has 2 aromatic rings. The number of carbonyl (C=O) groups is 1. The Labute approximate surface area is 110 Å². The van der Waals surface area contributed by atoms with Gasteiger partial charge in [-0.15, -0.1) is 0 Å². The number of hydrogen-bond acceptors (Lipinski definition) is 7. The third kappa shape index (κ3) is 3.27. The smallest absolute Gasteiger partial charge is 0.339 e. The molecule has 0 fully saturated rings. The first-order valence-corrected chi connectivity index (χ1v) is 5.76. The van der Waals surface area contributed by atoms with Gasteiger partial charge >= 0.3 is 5.97 Å². The topological polar surface area (TPSA) is 90.1 Å². The number of aromatic nitrogens is 3. The van der Waals surface area contributed by atoms with Crippen molar-refractivity contribution in [2.24, 2.45) is 0 Å². The quantitative estimate of drug-likeness (QED) is 0.810. The highest BCUT2D eigenvalue weighted by Gasteiger charge is 2.10. The summed E-state index contributed by atoms with van der Waals surface area (Å²) < 4.78 is 9.54. The molecule has 0 spiro atoms. The van der Waals surface area contributed by atoms with Crippen molar-refractivity contribution in [1.29, 1.82) is 0 Å². The van der Waals surface area contributed by atoms with E-state index in [1.165, 1.54) is 13.4 Å². The van der Waals surface area contributed by atoms with Crippen molar-refractivity contribution < 1.29 is 14.1 Å². The van der Waals surface area contributed by atoms with E-state index in [1.807, 2.05) is 0 Å². The second-order valence-electron chi connectivity index (χ2n) is 3.83. The van der Waals surface area contributed by atoms with Crippen LogP contribution in [0.1, 0.15) is 21.9 Å². The first-order valence-electron chi connectivity index (χ1n) is 5.76. The van der Waals surface area contributed by atoms with Gasteiger partial charge in [-0.3, -0.25) is 0 Å². The van der Waals surface area contributed by atoms with Crippen LogP contribution in [-0.2, 0) is 11.2 Å². The summed E-state index contributed by atoms with van der Waals surface area (Å²) in [4.78, 5) is 19.6. The summed E-state index contributed by atoms with van der Waals surface area (Å²) in [6.07, 6.45) is 1.97. The van der Waals surface area contributed by atoms with Gasteiger partial charge in [0.05, 0.1) is 18.4 Å². The predicted octanol–water partition coefficient (Wildman–Crippen LogP) is 1.21. The van der Waals surface area contributed by atoms with Crippen LogP contribution in [0.2, 0.25) is 0 Å².